The van der Waals surface area contributed by atoms with Crippen molar-refractivity contribution in [3.63, 3.8) is 0 Å². The molecule has 1 unspecified atom stereocenters. The first kappa shape index (κ1) is 37.5. The van der Waals surface area contributed by atoms with Gasteiger partial charge in [0.2, 0.25) is 10.0 Å². The number of ether oxygens (including phenoxy) is 2. The zero-order chi connectivity index (χ0) is 35.6. The zero-order valence-electron chi connectivity index (χ0n) is 29.0. The molecule has 10 nitrogen and oxygen atoms in total. The van der Waals surface area contributed by atoms with Crippen molar-refractivity contribution < 1.29 is 27.6 Å². The van der Waals surface area contributed by atoms with E-state index in [0.29, 0.717) is 46.4 Å². The van der Waals surface area contributed by atoms with Gasteiger partial charge in [-0.25, -0.2) is 13.2 Å². The number of carbonyl (C=O) groups is 1. The number of hydrogen-bond donors (Lipinski definition) is 0. The first-order valence-electron chi connectivity index (χ1n) is 16.0. The Morgan fingerprint density at radius 3 is 2.31 bits per heavy atom. The Labute approximate surface area is 292 Å². The third-order valence-electron chi connectivity index (χ3n) is 8.77. The van der Waals surface area contributed by atoms with Crippen LogP contribution in [0.1, 0.15) is 74.0 Å². The summed E-state index contributed by atoms with van der Waals surface area (Å²) < 4.78 is 41.3. The number of aryl methyl sites for hydroxylation is 1. The Morgan fingerprint density at radius 1 is 1.08 bits per heavy atom. The van der Waals surface area contributed by atoms with Gasteiger partial charge in [0, 0.05) is 40.8 Å². The lowest BCUT2D eigenvalue weighted by Crippen LogP contribution is -2.48. The SMILES string of the molecule is COC(=O)[C@@H](OC(C)(C)C)c1c(C)c(N(CC2CCCCN2Cc2ccccc2[N+](=O)[O-])S(C)(=O)=O)c(Br)c(C)c1-c1ccc(C)cc1. The molecule has 3 aromatic rings. The second-order valence-corrected chi connectivity index (χ2v) is 16.2. The van der Waals surface area contributed by atoms with Crippen LogP contribution in [-0.2, 0) is 30.8 Å². The number of anilines is 1. The number of piperidine rings is 1. The van der Waals surface area contributed by atoms with Gasteiger partial charge in [-0.15, -0.1) is 0 Å². The molecule has 0 bridgehead atoms. The van der Waals surface area contributed by atoms with E-state index in [9.17, 15) is 23.3 Å². The molecule has 1 fully saturated rings. The molecule has 12 heteroatoms. The average Bonchev–Trinajstić information content (AvgIpc) is 3.01. The molecule has 1 heterocycles. The average molecular weight is 745 g/mol. The van der Waals surface area contributed by atoms with E-state index < -0.39 is 27.7 Å². The normalized spacial score (nSPS) is 16.4. The Hall–Kier alpha value is -3.32. The second-order valence-electron chi connectivity index (χ2n) is 13.5. The van der Waals surface area contributed by atoms with Crippen LogP contribution in [0.3, 0.4) is 0 Å². The van der Waals surface area contributed by atoms with E-state index in [0.717, 1.165) is 35.1 Å². The van der Waals surface area contributed by atoms with Gasteiger partial charge in [-0.05, 0) is 99.1 Å². The monoisotopic (exact) mass is 743 g/mol. The molecular formula is C36H46BrN3O7S. The molecule has 1 aliphatic heterocycles. The van der Waals surface area contributed by atoms with Gasteiger partial charge in [0.05, 0.1) is 29.6 Å². The Balaban J connectivity index is 1.93. The highest BCUT2D eigenvalue weighted by atomic mass is 79.9. The first-order chi connectivity index (χ1) is 22.4. The smallest absolute Gasteiger partial charge is 0.339 e. The minimum absolute atomic E-state index is 0.0417. The molecule has 0 aliphatic carbocycles. The number of nitro benzene ring substituents is 1. The van der Waals surface area contributed by atoms with Crippen molar-refractivity contribution in [3.8, 4) is 11.1 Å². The van der Waals surface area contributed by atoms with E-state index in [1.807, 2.05) is 65.8 Å². The number of carbonyl (C=O) groups excluding carboxylic acids is 1. The topological polar surface area (TPSA) is 119 Å². The highest BCUT2D eigenvalue weighted by Gasteiger charge is 2.38. The van der Waals surface area contributed by atoms with E-state index in [1.165, 1.54) is 23.7 Å². The van der Waals surface area contributed by atoms with E-state index in [1.54, 1.807) is 18.2 Å². The van der Waals surface area contributed by atoms with Crippen LogP contribution < -0.4 is 4.31 Å². The quantitative estimate of drug-likeness (QED) is 0.111. The number of methoxy groups -OCH3 is 1. The summed E-state index contributed by atoms with van der Waals surface area (Å²) in [7, 11) is -2.56. The third kappa shape index (κ3) is 8.45. The highest BCUT2D eigenvalue weighted by Crippen LogP contribution is 2.47. The minimum atomic E-state index is -3.87. The van der Waals surface area contributed by atoms with Gasteiger partial charge >= 0.3 is 5.97 Å². The lowest BCUT2D eigenvalue weighted by molar-refractivity contribution is -0.385. The standard InChI is InChI=1S/C36H46BrN3O7S/c1-23-16-18-26(19-17-23)30-24(2)32(37)33(25(3)31(30)34(35(41)46-7)47-36(4,5)6)39(48(8,44)45)22-28-14-11-12-20-38(28)21-27-13-9-10-15-29(27)40(42)43/h9-10,13,15-19,28,34H,11-12,14,20-22H2,1-8H3/t28?,34-/m0/s1. The van der Waals surface area contributed by atoms with Crippen LogP contribution in [0.4, 0.5) is 11.4 Å². The predicted octanol–water partition coefficient (Wildman–Crippen LogP) is 7.80. The highest BCUT2D eigenvalue weighted by molar-refractivity contribution is 9.10. The Morgan fingerprint density at radius 2 is 1.73 bits per heavy atom. The van der Waals surface area contributed by atoms with Gasteiger partial charge in [-0.1, -0.05) is 54.4 Å². The predicted molar refractivity (Wildman–Crippen MR) is 193 cm³/mol. The van der Waals surface area contributed by atoms with Crippen LogP contribution in [0.25, 0.3) is 11.1 Å². The largest absolute Gasteiger partial charge is 0.467 e. The van der Waals surface area contributed by atoms with Crippen LogP contribution in [0, 0.1) is 30.9 Å². The number of halogens is 1. The molecule has 0 aromatic heterocycles. The molecule has 1 aliphatic rings. The number of benzene rings is 3. The van der Waals surface area contributed by atoms with Crippen LogP contribution in [0.5, 0.6) is 0 Å². The van der Waals surface area contributed by atoms with Gasteiger partial charge in [-0.2, -0.15) is 0 Å². The summed E-state index contributed by atoms with van der Waals surface area (Å²) in [5.74, 6) is -0.595. The summed E-state index contributed by atoms with van der Waals surface area (Å²) in [5.41, 5.74) is 4.82. The molecule has 0 radical (unpaired) electrons. The number of nitro groups is 1. The number of nitrogens with zero attached hydrogens (tertiary/aromatic N) is 3. The Kier molecular flexibility index (Phi) is 11.8. The number of esters is 1. The fourth-order valence-corrected chi connectivity index (χ4v) is 8.30. The number of para-hydroxylation sites is 1. The van der Waals surface area contributed by atoms with Crippen molar-refractivity contribution >= 4 is 43.3 Å². The molecule has 48 heavy (non-hydrogen) atoms. The fraction of sp³-hybridized carbons (Fsp3) is 0.472. The summed E-state index contributed by atoms with van der Waals surface area (Å²) in [5, 5.41) is 11.8. The summed E-state index contributed by atoms with van der Waals surface area (Å²) in [6.07, 6.45) is 2.55. The van der Waals surface area contributed by atoms with Gasteiger partial charge in [0.25, 0.3) is 5.69 Å². The van der Waals surface area contributed by atoms with Crippen LogP contribution in [0.15, 0.2) is 53.0 Å². The number of sulfonamides is 1. The van der Waals surface area contributed by atoms with Crippen molar-refractivity contribution in [2.45, 2.75) is 85.1 Å². The maximum Gasteiger partial charge on any atom is 0.339 e. The van der Waals surface area contributed by atoms with E-state index in [-0.39, 0.29) is 23.2 Å². The van der Waals surface area contributed by atoms with Crippen LogP contribution >= 0.6 is 15.9 Å². The van der Waals surface area contributed by atoms with Crippen molar-refractivity contribution in [1.29, 1.82) is 0 Å². The molecule has 1 saturated heterocycles. The maximum absolute atomic E-state index is 13.8. The van der Waals surface area contributed by atoms with Crippen LogP contribution in [-0.4, -0.2) is 62.3 Å². The molecule has 260 valence electrons. The third-order valence-corrected chi connectivity index (χ3v) is 10.9. The molecular weight excluding hydrogens is 698 g/mol. The van der Waals surface area contributed by atoms with Crippen molar-refractivity contribution in [3.05, 3.63) is 90.9 Å². The van der Waals surface area contributed by atoms with Crippen molar-refractivity contribution in [1.82, 2.24) is 4.90 Å². The molecule has 0 saturated carbocycles. The lowest BCUT2D eigenvalue weighted by atomic mass is 9.87. The molecule has 3 aromatic carbocycles. The number of likely N-dealkylation sites (tertiary alicyclic amines) is 1. The van der Waals surface area contributed by atoms with Gasteiger partial charge in [0.15, 0.2) is 6.10 Å². The summed E-state index contributed by atoms with van der Waals surface area (Å²) in [4.78, 5) is 27.1. The van der Waals surface area contributed by atoms with E-state index in [4.69, 9.17) is 9.47 Å². The number of rotatable bonds is 11. The van der Waals surface area contributed by atoms with Gasteiger partial charge in [0.1, 0.15) is 0 Å². The van der Waals surface area contributed by atoms with Gasteiger partial charge in [-0.3, -0.25) is 19.3 Å². The lowest BCUT2D eigenvalue weighted by Gasteiger charge is -2.40. The second kappa shape index (κ2) is 15.1. The molecule has 0 N–H and O–H groups in total. The zero-order valence-corrected chi connectivity index (χ0v) is 31.4. The van der Waals surface area contributed by atoms with Crippen molar-refractivity contribution in [2.24, 2.45) is 0 Å². The molecule has 4 rings (SSSR count). The number of hydrogen-bond acceptors (Lipinski definition) is 8. The summed E-state index contributed by atoms with van der Waals surface area (Å²) in [6, 6.07) is 14.4. The van der Waals surface area contributed by atoms with Gasteiger partial charge < -0.3 is 9.47 Å². The van der Waals surface area contributed by atoms with Crippen molar-refractivity contribution in [2.75, 3.05) is 30.8 Å². The van der Waals surface area contributed by atoms with E-state index in [2.05, 4.69) is 20.8 Å². The summed E-state index contributed by atoms with van der Waals surface area (Å²) in [6.45, 7) is 12.4. The summed E-state index contributed by atoms with van der Waals surface area (Å²) >= 11 is 3.79. The van der Waals surface area contributed by atoms with E-state index >= 15 is 0 Å². The maximum atomic E-state index is 13.8. The fourth-order valence-electron chi connectivity index (χ4n) is 6.47. The minimum Gasteiger partial charge on any atom is -0.467 e. The first-order valence-corrected chi connectivity index (χ1v) is 18.7. The molecule has 0 amide bonds. The Bertz CT molecular complexity index is 1770. The van der Waals surface area contributed by atoms with Crippen LogP contribution in [0.2, 0.25) is 0 Å². The molecule has 2 atom stereocenters. The molecule has 0 spiro atoms.